The van der Waals surface area contributed by atoms with Gasteiger partial charge in [-0.25, -0.2) is 0 Å². The number of carbonyl (C=O) groups excluding carboxylic acids is 2. The lowest BCUT2D eigenvalue weighted by Gasteiger charge is -2.22. The summed E-state index contributed by atoms with van der Waals surface area (Å²) < 4.78 is 54.9. The molecule has 1 atom stereocenters. The summed E-state index contributed by atoms with van der Waals surface area (Å²) >= 11 is 12.8. The Hall–Kier alpha value is -2.97. The minimum atomic E-state index is -4.43. The third kappa shape index (κ3) is 7.77. The zero-order chi connectivity index (χ0) is 28.3. The Balaban J connectivity index is 1.59. The van der Waals surface area contributed by atoms with Crippen LogP contribution in [0.1, 0.15) is 55.8 Å². The molecule has 0 saturated heterocycles. The number of rotatable bonds is 9. The van der Waals surface area contributed by atoms with Gasteiger partial charge in [0.15, 0.2) is 11.5 Å². The monoisotopic (exact) mass is 570 g/mol. The first-order valence-corrected chi connectivity index (χ1v) is 12.5. The molecule has 204 valence electrons. The SMILES string of the molecule is CC(COc1ccc(CCC(=O)c2ccc(-c3ccc(C(F)(F)F)cc3)o2)c(Cl)c1Cl)C(=O)OC(C)(C)C. The first kappa shape index (κ1) is 29.6. The van der Waals surface area contributed by atoms with Crippen LogP contribution in [0.4, 0.5) is 13.2 Å². The van der Waals surface area contributed by atoms with Gasteiger partial charge in [-0.1, -0.05) is 41.4 Å². The Labute approximate surface area is 228 Å². The largest absolute Gasteiger partial charge is 0.491 e. The van der Waals surface area contributed by atoms with Crippen molar-refractivity contribution >= 4 is 35.0 Å². The highest BCUT2D eigenvalue weighted by Crippen LogP contribution is 2.36. The van der Waals surface area contributed by atoms with E-state index in [0.717, 1.165) is 12.1 Å². The lowest BCUT2D eigenvalue weighted by Crippen LogP contribution is -2.30. The molecular weight excluding hydrogens is 544 g/mol. The minimum absolute atomic E-state index is 0.0442. The molecule has 0 spiro atoms. The fourth-order valence-electron chi connectivity index (χ4n) is 3.40. The van der Waals surface area contributed by atoms with Crippen molar-refractivity contribution in [2.24, 2.45) is 5.92 Å². The molecule has 10 heteroatoms. The van der Waals surface area contributed by atoms with E-state index in [9.17, 15) is 22.8 Å². The van der Waals surface area contributed by atoms with E-state index in [1.54, 1.807) is 39.8 Å². The Kier molecular flexibility index (Phi) is 9.21. The second kappa shape index (κ2) is 11.8. The normalized spacial score (nSPS) is 12.8. The molecule has 0 fully saturated rings. The van der Waals surface area contributed by atoms with Crippen LogP contribution < -0.4 is 4.74 Å². The third-order valence-corrected chi connectivity index (χ3v) is 6.33. The van der Waals surface area contributed by atoms with Gasteiger partial charge in [0, 0.05) is 12.0 Å². The minimum Gasteiger partial charge on any atom is -0.491 e. The van der Waals surface area contributed by atoms with Gasteiger partial charge in [-0.05, 0) is 70.0 Å². The molecule has 3 aromatic rings. The summed E-state index contributed by atoms with van der Waals surface area (Å²) in [7, 11) is 0. The molecule has 0 aliphatic heterocycles. The number of ether oxygens (including phenoxy) is 2. The second-order valence-electron chi connectivity index (χ2n) is 9.76. The van der Waals surface area contributed by atoms with Crippen molar-refractivity contribution in [1.82, 2.24) is 0 Å². The van der Waals surface area contributed by atoms with Crippen LogP contribution >= 0.6 is 23.2 Å². The van der Waals surface area contributed by atoms with E-state index in [1.807, 2.05) is 0 Å². The van der Waals surface area contributed by atoms with Crippen molar-refractivity contribution < 1.29 is 36.7 Å². The summed E-state index contributed by atoms with van der Waals surface area (Å²) in [6.07, 6.45) is -4.11. The number of hydrogen-bond donors (Lipinski definition) is 0. The van der Waals surface area contributed by atoms with Gasteiger partial charge in [-0.15, -0.1) is 0 Å². The van der Waals surface area contributed by atoms with Crippen LogP contribution in [0.25, 0.3) is 11.3 Å². The molecule has 0 radical (unpaired) electrons. The molecule has 0 saturated carbocycles. The van der Waals surface area contributed by atoms with Crippen molar-refractivity contribution in [1.29, 1.82) is 0 Å². The lowest BCUT2D eigenvalue weighted by atomic mass is 10.1. The topological polar surface area (TPSA) is 65.7 Å². The zero-order valence-corrected chi connectivity index (χ0v) is 22.8. The molecule has 5 nitrogen and oxygen atoms in total. The van der Waals surface area contributed by atoms with E-state index >= 15 is 0 Å². The van der Waals surface area contributed by atoms with E-state index in [4.69, 9.17) is 37.1 Å². The average molecular weight is 571 g/mol. The summed E-state index contributed by atoms with van der Waals surface area (Å²) in [6, 6.07) is 10.8. The van der Waals surface area contributed by atoms with E-state index < -0.39 is 29.2 Å². The number of benzene rings is 2. The molecule has 0 bridgehead atoms. The van der Waals surface area contributed by atoms with E-state index in [2.05, 4.69) is 0 Å². The van der Waals surface area contributed by atoms with Gasteiger partial charge in [0.25, 0.3) is 0 Å². The van der Waals surface area contributed by atoms with Crippen molar-refractivity contribution in [3.63, 3.8) is 0 Å². The number of Topliss-reactive ketones (excluding diaryl/α,β-unsaturated/α-hetero) is 1. The molecular formula is C28H27Cl2F3O5. The highest BCUT2D eigenvalue weighted by molar-refractivity contribution is 6.43. The first-order valence-electron chi connectivity index (χ1n) is 11.8. The number of furan rings is 1. The summed E-state index contributed by atoms with van der Waals surface area (Å²) in [6.45, 7) is 7.07. The van der Waals surface area contributed by atoms with Crippen molar-refractivity contribution in [3.8, 4) is 17.1 Å². The van der Waals surface area contributed by atoms with E-state index in [0.29, 0.717) is 16.9 Å². The molecule has 3 rings (SSSR count). The van der Waals surface area contributed by atoms with Crippen LogP contribution in [0.15, 0.2) is 52.9 Å². The van der Waals surface area contributed by atoms with Crippen LogP contribution in [-0.4, -0.2) is 24.0 Å². The first-order chi connectivity index (χ1) is 17.7. The molecule has 2 aromatic carbocycles. The molecule has 0 aliphatic carbocycles. The van der Waals surface area contributed by atoms with Crippen LogP contribution in [0.3, 0.4) is 0 Å². The van der Waals surface area contributed by atoms with Crippen LogP contribution in [0.2, 0.25) is 10.0 Å². The molecule has 0 N–H and O–H groups in total. The number of carbonyl (C=O) groups is 2. The predicted octanol–water partition coefficient (Wildman–Crippen LogP) is 8.44. The standard InChI is InChI=1S/C28H27Cl2F3O5/c1-16(26(35)38-27(2,3)4)15-36-23-12-8-18(24(29)25(23)30)7-11-20(34)22-14-13-21(37-22)17-5-9-19(10-6-17)28(31,32)33/h5-6,8-10,12-14,16H,7,11,15H2,1-4H3. The van der Waals surface area contributed by atoms with Crippen molar-refractivity contribution in [3.05, 3.63) is 75.5 Å². The van der Waals surface area contributed by atoms with Gasteiger partial charge in [0.2, 0.25) is 0 Å². The van der Waals surface area contributed by atoms with Crippen LogP contribution in [0, 0.1) is 5.92 Å². The summed E-state index contributed by atoms with van der Waals surface area (Å²) in [5.41, 5.74) is -0.339. The summed E-state index contributed by atoms with van der Waals surface area (Å²) in [5, 5.41) is 0.391. The molecule has 1 unspecified atom stereocenters. The summed E-state index contributed by atoms with van der Waals surface area (Å²) in [4.78, 5) is 24.8. The smallest absolute Gasteiger partial charge is 0.416 e. The fraction of sp³-hybridized carbons (Fsp3) is 0.357. The van der Waals surface area contributed by atoms with Crippen LogP contribution in [0.5, 0.6) is 5.75 Å². The molecule has 0 aliphatic rings. The number of alkyl halides is 3. The Bertz CT molecular complexity index is 1290. The van der Waals surface area contributed by atoms with Crippen molar-refractivity contribution in [2.75, 3.05) is 6.61 Å². The van der Waals surface area contributed by atoms with E-state index in [-0.39, 0.29) is 46.8 Å². The van der Waals surface area contributed by atoms with E-state index in [1.165, 1.54) is 24.3 Å². The number of halogens is 5. The fourth-order valence-corrected chi connectivity index (χ4v) is 3.89. The van der Waals surface area contributed by atoms with Gasteiger partial charge in [-0.2, -0.15) is 13.2 Å². The third-order valence-electron chi connectivity index (χ3n) is 5.42. The number of esters is 1. The second-order valence-corrected chi connectivity index (χ2v) is 10.5. The maximum Gasteiger partial charge on any atom is 0.416 e. The maximum atomic E-state index is 12.8. The maximum absolute atomic E-state index is 12.8. The van der Waals surface area contributed by atoms with Gasteiger partial charge in [0.05, 0.1) is 16.5 Å². The quantitative estimate of drug-likeness (QED) is 0.191. The zero-order valence-electron chi connectivity index (χ0n) is 21.2. The molecule has 1 heterocycles. The molecule has 0 amide bonds. The van der Waals surface area contributed by atoms with Crippen molar-refractivity contribution in [2.45, 2.75) is 52.3 Å². The Morgan fingerprint density at radius 2 is 1.61 bits per heavy atom. The van der Waals surface area contributed by atoms with Gasteiger partial charge < -0.3 is 13.9 Å². The number of ketones is 1. The van der Waals surface area contributed by atoms with Gasteiger partial charge in [0.1, 0.15) is 28.7 Å². The molecule has 1 aromatic heterocycles. The Morgan fingerprint density at radius 3 is 2.21 bits per heavy atom. The Morgan fingerprint density at radius 1 is 0.947 bits per heavy atom. The average Bonchev–Trinajstić information content (AvgIpc) is 3.33. The predicted molar refractivity (Wildman–Crippen MR) is 139 cm³/mol. The summed E-state index contributed by atoms with van der Waals surface area (Å²) in [5.74, 6) is -0.559. The highest BCUT2D eigenvalue weighted by atomic mass is 35.5. The van der Waals surface area contributed by atoms with Gasteiger partial charge in [-0.3, -0.25) is 9.59 Å². The van der Waals surface area contributed by atoms with Gasteiger partial charge >= 0.3 is 12.1 Å². The van der Waals surface area contributed by atoms with Crippen LogP contribution in [-0.2, 0) is 22.1 Å². The molecule has 38 heavy (non-hydrogen) atoms. The highest BCUT2D eigenvalue weighted by Gasteiger charge is 2.30. The number of aryl methyl sites for hydroxylation is 1. The number of hydrogen-bond acceptors (Lipinski definition) is 5. The lowest BCUT2D eigenvalue weighted by molar-refractivity contribution is -0.160.